The van der Waals surface area contributed by atoms with E-state index >= 15 is 0 Å². The minimum absolute atomic E-state index is 0.205. The van der Waals surface area contributed by atoms with Crippen molar-refractivity contribution in [3.05, 3.63) is 41.6 Å². The molecule has 154 valence electrons. The van der Waals surface area contributed by atoms with Gasteiger partial charge in [0.25, 0.3) is 5.91 Å². The van der Waals surface area contributed by atoms with E-state index in [0.29, 0.717) is 49.7 Å². The predicted molar refractivity (Wildman–Crippen MR) is 107 cm³/mol. The highest BCUT2D eigenvalue weighted by atomic mass is 16.5. The number of para-hydroxylation sites is 1. The number of fused-ring (bicyclic) bond motifs is 1. The Morgan fingerprint density at radius 1 is 1.28 bits per heavy atom. The molecule has 0 radical (unpaired) electrons. The van der Waals surface area contributed by atoms with Gasteiger partial charge in [-0.1, -0.05) is 12.1 Å². The summed E-state index contributed by atoms with van der Waals surface area (Å²) in [7, 11) is 1.82. The molecule has 1 N–H and O–H groups in total. The first-order chi connectivity index (χ1) is 13.9. The second-order valence-electron chi connectivity index (χ2n) is 7.79. The molecule has 8 nitrogen and oxygen atoms in total. The first kappa shape index (κ1) is 19.4. The number of aromatic nitrogens is 2. The average molecular weight is 398 g/mol. The summed E-state index contributed by atoms with van der Waals surface area (Å²) in [6.45, 7) is 5.12. The van der Waals surface area contributed by atoms with E-state index in [1.54, 1.807) is 28.6 Å². The third kappa shape index (κ3) is 3.72. The lowest BCUT2D eigenvalue weighted by atomic mass is 9.93. The zero-order valence-corrected chi connectivity index (χ0v) is 17.0. The van der Waals surface area contributed by atoms with Crippen LogP contribution in [0.4, 0.5) is 5.82 Å². The smallest absolute Gasteiger partial charge is 0.258 e. The fourth-order valence-electron chi connectivity index (χ4n) is 3.85. The van der Waals surface area contributed by atoms with E-state index in [1.807, 2.05) is 32.2 Å². The number of amides is 2. The molecule has 2 aliphatic heterocycles. The molecule has 2 amide bonds. The molecular formula is C21H26N4O4. The van der Waals surface area contributed by atoms with Crippen LogP contribution in [-0.2, 0) is 16.6 Å². The molecular weight excluding hydrogens is 372 g/mol. The van der Waals surface area contributed by atoms with Crippen molar-refractivity contribution in [3.63, 3.8) is 0 Å². The van der Waals surface area contributed by atoms with Crippen molar-refractivity contribution in [3.8, 4) is 5.75 Å². The molecule has 2 aromatic rings. The lowest BCUT2D eigenvalue weighted by molar-refractivity contribution is -0.121. The topological polar surface area (TPSA) is 85.7 Å². The summed E-state index contributed by atoms with van der Waals surface area (Å²) in [5.74, 6) is 0.554. The van der Waals surface area contributed by atoms with Crippen molar-refractivity contribution in [2.45, 2.75) is 38.3 Å². The van der Waals surface area contributed by atoms with Gasteiger partial charge in [0.05, 0.1) is 25.3 Å². The van der Waals surface area contributed by atoms with Crippen LogP contribution in [0.25, 0.3) is 0 Å². The molecule has 1 aromatic carbocycles. The minimum Gasteiger partial charge on any atom is -0.484 e. The monoisotopic (exact) mass is 398 g/mol. The fraction of sp³-hybridized carbons (Fsp3) is 0.476. The number of aryl methyl sites for hydroxylation is 2. The van der Waals surface area contributed by atoms with Gasteiger partial charge in [0, 0.05) is 31.6 Å². The summed E-state index contributed by atoms with van der Waals surface area (Å²) < 4.78 is 13.6. The van der Waals surface area contributed by atoms with Gasteiger partial charge in [-0.3, -0.25) is 14.3 Å². The lowest BCUT2D eigenvalue weighted by Crippen LogP contribution is -2.55. The summed E-state index contributed by atoms with van der Waals surface area (Å²) in [5, 5.41) is 7.10. The van der Waals surface area contributed by atoms with Crippen molar-refractivity contribution >= 4 is 17.6 Å². The van der Waals surface area contributed by atoms with Crippen molar-refractivity contribution in [1.82, 2.24) is 14.7 Å². The molecule has 29 heavy (non-hydrogen) atoms. The second-order valence-corrected chi connectivity index (χ2v) is 7.79. The van der Waals surface area contributed by atoms with E-state index in [-0.39, 0.29) is 11.8 Å². The number of nitrogens with one attached hydrogen (secondary N) is 1. The number of carbonyl (C=O) groups excluding carboxylic acids is 2. The molecule has 1 atom stereocenters. The Hall–Kier alpha value is -2.87. The maximum absolute atomic E-state index is 13.3. The van der Waals surface area contributed by atoms with Gasteiger partial charge in [0.15, 0.2) is 5.82 Å². The van der Waals surface area contributed by atoms with Crippen LogP contribution in [0, 0.1) is 6.92 Å². The number of hydrogen-bond donors (Lipinski definition) is 1. The molecule has 3 heterocycles. The van der Waals surface area contributed by atoms with Crippen molar-refractivity contribution in [1.29, 1.82) is 0 Å². The molecule has 0 aliphatic carbocycles. The molecule has 0 bridgehead atoms. The zero-order valence-electron chi connectivity index (χ0n) is 17.0. The number of rotatable bonds is 3. The van der Waals surface area contributed by atoms with Crippen LogP contribution in [0.1, 0.15) is 35.8 Å². The standard InChI is InChI=1S/C21H26N4O4/c1-14-12-18(23-24(14)3)22-19(26)15(2)25-13-21(8-10-28-11-9-21)29-17-7-5-4-6-16(17)20(25)27/h4-7,12,15H,8-11,13H2,1-3H3,(H,22,23,26)/t15-/m0/s1. The van der Waals surface area contributed by atoms with E-state index in [0.717, 1.165) is 5.69 Å². The summed E-state index contributed by atoms with van der Waals surface area (Å²) >= 11 is 0. The highest BCUT2D eigenvalue weighted by Gasteiger charge is 2.44. The maximum Gasteiger partial charge on any atom is 0.258 e. The van der Waals surface area contributed by atoms with Crippen LogP contribution in [0.15, 0.2) is 30.3 Å². The van der Waals surface area contributed by atoms with Crippen LogP contribution in [-0.4, -0.2) is 57.9 Å². The van der Waals surface area contributed by atoms with E-state index < -0.39 is 11.6 Å². The molecule has 1 aromatic heterocycles. The van der Waals surface area contributed by atoms with Gasteiger partial charge >= 0.3 is 0 Å². The number of nitrogens with zero attached hydrogens (tertiary/aromatic N) is 3. The molecule has 8 heteroatoms. The number of ether oxygens (including phenoxy) is 2. The molecule has 1 fully saturated rings. The second kappa shape index (κ2) is 7.51. The average Bonchev–Trinajstić information content (AvgIpc) is 2.96. The zero-order chi connectivity index (χ0) is 20.6. The minimum atomic E-state index is -0.681. The summed E-state index contributed by atoms with van der Waals surface area (Å²) in [4.78, 5) is 27.9. The van der Waals surface area contributed by atoms with Crippen LogP contribution in [0.2, 0.25) is 0 Å². The largest absolute Gasteiger partial charge is 0.484 e. The third-order valence-electron chi connectivity index (χ3n) is 5.78. The lowest BCUT2D eigenvalue weighted by Gasteiger charge is -2.40. The Balaban J connectivity index is 1.63. The van der Waals surface area contributed by atoms with Gasteiger partial charge < -0.3 is 19.7 Å². The molecule has 0 unspecified atom stereocenters. The van der Waals surface area contributed by atoms with E-state index in [4.69, 9.17) is 9.47 Å². The summed E-state index contributed by atoms with van der Waals surface area (Å²) in [6.07, 6.45) is 1.33. The van der Waals surface area contributed by atoms with E-state index in [2.05, 4.69) is 10.4 Å². The highest BCUT2D eigenvalue weighted by molar-refractivity contribution is 6.02. The normalized spacial score (nSPS) is 19.3. The maximum atomic E-state index is 13.3. The Kier molecular flexibility index (Phi) is 5.04. The van der Waals surface area contributed by atoms with Crippen molar-refractivity contribution in [2.75, 3.05) is 25.1 Å². The molecule has 1 spiro atoms. The van der Waals surface area contributed by atoms with Crippen LogP contribution in [0.5, 0.6) is 5.75 Å². The van der Waals surface area contributed by atoms with Gasteiger partial charge in [-0.15, -0.1) is 0 Å². The number of anilines is 1. The van der Waals surface area contributed by atoms with Gasteiger partial charge in [-0.05, 0) is 26.0 Å². The predicted octanol–water partition coefficient (Wildman–Crippen LogP) is 2.14. The molecule has 4 rings (SSSR count). The Morgan fingerprint density at radius 3 is 2.69 bits per heavy atom. The summed E-state index contributed by atoms with van der Waals surface area (Å²) in [6, 6.07) is 8.34. The van der Waals surface area contributed by atoms with Crippen LogP contribution >= 0.6 is 0 Å². The van der Waals surface area contributed by atoms with Gasteiger partial charge in [-0.2, -0.15) is 5.10 Å². The number of benzene rings is 1. The fourth-order valence-corrected chi connectivity index (χ4v) is 3.85. The third-order valence-corrected chi connectivity index (χ3v) is 5.78. The quantitative estimate of drug-likeness (QED) is 0.856. The first-order valence-electron chi connectivity index (χ1n) is 9.87. The van der Waals surface area contributed by atoms with Crippen LogP contribution < -0.4 is 10.1 Å². The van der Waals surface area contributed by atoms with Crippen molar-refractivity contribution in [2.24, 2.45) is 7.05 Å². The van der Waals surface area contributed by atoms with E-state index in [9.17, 15) is 9.59 Å². The number of hydrogen-bond acceptors (Lipinski definition) is 5. The van der Waals surface area contributed by atoms with Crippen LogP contribution in [0.3, 0.4) is 0 Å². The Labute approximate surface area is 169 Å². The summed E-state index contributed by atoms with van der Waals surface area (Å²) in [5.41, 5.74) is 0.850. The number of carbonyl (C=O) groups is 2. The molecule has 0 saturated carbocycles. The Bertz CT molecular complexity index is 913. The van der Waals surface area contributed by atoms with Gasteiger partial charge in [0.1, 0.15) is 17.4 Å². The van der Waals surface area contributed by atoms with Crippen molar-refractivity contribution < 1.29 is 19.1 Å². The van der Waals surface area contributed by atoms with E-state index in [1.165, 1.54) is 0 Å². The van der Waals surface area contributed by atoms with Gasteiger partial charge in [0.2, 0.25) is 5.91 Å². The molecule has 1 saturated heterocycles. The van der Waals surface area contributed by atoms with Gasteiger partial charge in [-0.25, -0.2) is 0 Å². The SMILES string of the molecule is Cc1cc(NC(=O)[C@H](C)N2CC3(CCOCC3)Oc3ccccc3C2=O)nn1C. The highest BCUT2D eigenvalue weighted by Crippen LogP contribution is 2.35. The first-order valence-corrected chi connectivity index (χ1v) is 9.87. The molecule has 2 aliphatic rings. The Morgan fingerprint density at radius 2 is 2.00 bits per heavy atom.